The second-order valence-electron chi connectivity index (χ2n) is 6.43. The highest BCUT2D eigenvalue weighted by Crippen LogP contribution is 2.39. The van der Waals surface area contributed by atoms with Gasteiger partial charge in [-0.25, -0.2) is 0 Å². The number of para-hydroxylation sites is 1. The van der Waals surface area contributed by atoms with Crippen molar-refractivity contribution in [3.05, 3.63) is 29.8 Å². The molecule has 1 aromatic carbocycles. The summed E-state index contributed by atoms with van der Waals surface area (Å²) in [6, 6.07) is 8.37. The summed E-state index contributed by atoms with van der Waals surface area (Å²) in [7, 11) is 0. The fourth-order valence-corrected chi connectivity index (χ4v) is 3.65. The molecule has 3 nitrogen and oxygen atoms in total. The number of nitrogens with one attached hydrogen (secondary N) is 1. The van der Waals surface area contributed by atoms with Crippen LogP contribution in [-0.2, 0) is 11.2 Å². The summed E-state index contributed by atoms with van der Waals surface area (Å²) in [5, 5.41) is 3.39. The molecule has 0 aromatic heterocycles. The number of hydrogen-bond acceptors (Lipinski definition) is 2. The Morgan fingerprint density at radius 2 is 2.15 bits per heavy atom. The van der Waals surface area contributed by atoms with E-state index in [2.05, 4.69) is 37.4 Å². The van der Waals surface area contributed by atoms with Gasteiger partial charge in [0, 0.05) is 18.8 Å². The summed E-state index contributed by atoms with van der Waals surface area (Å²) in [6.07, 6.45) is 3.12. The van der Waals surface area contributed by atoms with Crippen LogP contribution in [0.1, 0.15) is 32.3 Å². The number of amides is 1. The molecular formula is C17H24N2O. The largest absolute Gasteiger partial charge is 0.316 e. The molecule has 108 valence electrons. The van der Waals surface area contributed by atoms with Gasteiger partial charge >= 0.3 is 0 Å². The summed E-state index contributed by atoms with van der Waals surface area (Å²) in [6.45, 7) is 7.01. The molecule has 3 heteroatoms. The van der Waals surface area contributed by atoms with Gasteiger partial charge in [0.1, 0.15) is 0 Å². The number of nitrogens with zero attached hydrogens (tertiary/aromatic N) is 1. The Bertz CT molecular complexity index is 503. The quantitative estimate of drug-likeness (QED) is 0.897. The van der Waals surface area contributed by atoms with Crippen LogP contribution in [0.15, 0.2) is 24.3 Å². The van der Waals surface area contributed by atoms with E-state index in [1.54, 1.807) is 0 Å². The molecule has 1 fully saturated rings. The lowest BCUT2D eigenvalue weighted by Gasteiger charge is -2.39. The molecule has 0 bridgehead atoms. The predicted octanol–water partition coefficient (Wildman–Crippen LogP) is 2.60. The minimum absolute atomic E-state index is 0.218. The number of benzene rings is 1. The Balaban J connectivity index is 1.95. The van der Waals surface area contributed by atoms with Gasteiger partial charge in [-0.15, -0.1) is 0 Å². The third-order valence-corrected chi connectivity index (χ3v) is 5.07. The number of rotatable bonds is 2. The van der Waals surface area contributed by atoms with Gasteiger partial charge in [-0.2, -0.15) is 0 Å². The van der Waals surface area contributed by atoms with E-state index in [0.29, 0.717) is 11.8 Å². The lowest BCUT2D eigenvalue weighted by Crippen LogP contribution is -2.50. The van der Waals surface area contributed by atoms with Crippen LogP contribution in [0.2, 0.25) is 0 Å². The molecule has 0 spiro atoms. The Labute approximate surface area is 121 Å². The first-order valence-corrected chi connectivity index (χ1v) is 7.76. The van der Waals surface area contributed by atoms with Crippen LogP contribution in [0.4, 0.5) is 5.69 Å². The fourth-order valence-electron chi connectivity index (χ4n) is 3.65. The third kappa shape index (κ3) is 2.05. The molecule has 1 unspecified atom stereocenters. The van der Waals surface area contributed by atoms with Gasteiger partial charge in [-0.3, -0.25) is 4.79 Å². The van der Waals surface area contributed by atoms with Crippen molar-refractivity contribution < 1.29 is 4.79 Å². The van der Waals surface area contributed by atoms with Gasteiger partial charge in [0.05, 0.1) is 5.41 Å². The number of aryl methyl sites for hydroxylation is 1. The van der Waals surface area contributed by atoms with Crippen molar-refractivity contribution in [2.75, 3.05) is 24.5 Å². The first-order valence-electron chi connectivity index (χ1n) is 7.76. The molecule has 1 atom stereocenters. The predicted molar refractivity (Wildman–Crippen MR) is 81.9 cm³/mol. The first kappa shape index (κ1) is 13.6. The van der Waals surface area contributed by atoms with E-state index in [9.17, 15) is 4.79 Å². The van der Waals surface area contributed by atoms with E-state index in [1.165, 1.54) is 5.56 Å². The molecule has 2 aliphatic rings. The Morgan fingerprint density at radius 1 is 1.35 bits per heavy atom. The van der Waals surface area contributed by atoms with Gasteiger partial charge in [-0.1, -0.05) is 32.0 Å². The van der Waals surface area contributed by atoms with Crippen LogP contribution < -0.4 is 10.2 Å². The highest BCUT2D eigenvalue weighted by atomic mass is 16.2. The molecule has 1 saturated heterocycles. The number of fused-ring (bicyclic) bond motifs is 1. The molecule has 1 amide bonds. The first-order chi connectivity index (χ1) is 9.65. The Morgan fingerprint density at radius 3 is 2.85 bits per heavy atom. The minimum atomic E-state index is -0.218. The summed E-state index contributed by atoms with van der Waals surface area (Å²) < 4.78 is 0. The summed E-state index contributed by atoms with van der Waals surface area (Å²) in [4.78, 5) is 15.3. The van der Waals surface area contributed by atoms with Crippen molar-refractivity contribution in [2.45, 2.75) is 33.1 Å². The third-order valence-electron chi connectivity index (χ3n) is 5.07. The Kier molecular flexibility index (Phi) is 3.55. The number of hydrogen-bond donors (Lipinski definition) is 1. The maximum absolute atomic E-state index is 13.2. The lowest BCUT2D eigenvalue weighted by atomic mass is 9.74. The van der Waals surface area contributed by atoms with Crippen molar-refractivity contribution in [3.8, 4) is 0 Å². The minimum Gasteiger partial charge on any atom is -0.316 e. The zero-order chi connectivity index (χ0) is 14.2. The molecule has 2 heterocycles. The van der Waals surface area contributed by atoms with Crippen molar-refractivity contribution in [3.63, 3.8) is 0 Å². The standard InChI is InChI=1S/C17H24N2O/c1-13(2)17(9-10-18-12-17)16(20)19-11-5-7-14-6-3-4-8-15(14)19/h3-4,6,8,13,18H,5,7,9-12H2,1-2H3. The van der Waals surface area contributed by atoms with E-state index < -0.39 is 0 Å². The van der Waals surface area contributed by atoms with Gasteiger partial charge in [-0.05, 0) is 43.4 Å². The summed E-state index contributed by atoms with van der Waals surface area (Å²) in [5.74, 6) is 0.698. The van der Waals surface area contributed by atoms with E-state index in [-0.39, 0.29) is 5.41 Å². The Hall–Kier alpha value is -1.35. The van der Waals surface area contributed by atoms with Crippen LogP contribution in [0.5, 0.6) is 0 Å². The highest BCUT2D eigenvalue weighted by Gasteiger charge is 2.46. The van der Waals surface area contributed by atoms with Gasteiger partial charge in [0.2, 0.25) is 5.91 Å². The molecule has 1 N–H and O–H groups in total. The average Bonchev–Trinajstić information content (AvgIpc) is 2.97. The molecule has 3 rings (SSSR count). The second-order valence-corrected chi connectivity index (χ2v) is 6.43. The topological polar surface area (TPSA) is 32.3 Å². The van der Waals surface area contributed by atoms with Crippen molar-refractivity contribution in [2.24, 2.45) is 11.3 Å². The van der Waals surface area contributed by atoms with E-state index >= 15 is 0 Å². The molecule has 1 aromatic rings. The smallest absolute Gasteiger partial charge is 0.234 e. The van der Waals surface area contributed by atoms with Crippen molar-refractivity contribution >= 4 is 11.6 Å². The zero-order valence-electron chi connectivity index (χ0n) is 12.5. The molecular weight excluding hydrogens is 248 g/mol. The van der Waals surface area contributed by atoms with Gasteiger partial charge < -0.3 is 10.2 Å². The SMILES string of the molecule is CC(C)C1(C(=O)N2CCCc3ccccc32)CCNC1. The van der Waals surface area contributed by atoms with E-state index in [4.69, 9.17) is 0 Å². The average molecular weight is 272 g/mol. The van der Waals surface area contributed by atoms with Crippen LogP contribution in [0.3, 0.4) is 0 Å². The molecule has 20 heavy (non-hydrogen) atoms. The van der Waals surface area contributed by atoms with E-state index in [1.807, 2.05) is 11.0 Å². The van der Waals surface area contributed by atoms with Crippen molar-refractivity contribution in [1.82, 2.24) is 5.32 Å². The highest BCUT2D eigenvalue weighted by molar-refractivity contribution is 5.99. The van der Waals surface area contributed by atoms with Gasteiger partial charge in [0.15, 0.2) is 0 Å². The van der Waals surface area contributed by atoms with Crippen LogP contribution in [-0.4, -0.2) is 25.5 Å². The fraction of sp³-hybridized carbons (Fsp3) is 0.588. The normalized spacial score (nSPS) is 25.9. The van der Waals surface area contributed by atoms with Crippen LogP contribution in [0, 0.1) is 11.3 Å². The molecule has 2 aliphatic heterocycles. The number of carbonyl (C=O) groups excluding carboxylic acids is 1. The molecule has 0 aliphatic carbocycles. The number of anilines is 1. The van der Waals surface area contributed by atoms with Crippen molar-refractivity contribution in [1.29, 1.82) is 0 Å². The maximum Gasteiger partial charge on any atom is 0.234 e. The van der Waals surface area contributed by atoms with E-state index in [0.717, 1.165) is 44.6 Å². The lowest BCUT2D eigenvalue weighted by molar-refractivity contribution is -0.129. The number of carbonyl (C=O) groups is 1. The van der Waals surface area contributed by atoms with Crippen LogP contribution in [0.25, 0.3) is 0 Å². The zero-order valence-corrected chi connectivity index (χ0v) is 12.5. The maximum atomic E-state index is 13.2. The summed E-state index contributed by atoms with van der Waals surface area (Å²) in [5.41, 5.74) is 2.23. The summed E-state index contributed by atoms with van der Waals surface area (Å²) >= 11 is 0. The van der Waals surface area contributed by atoms with Gasteiger partial charge in [0.25, 0.3) is 0 Å². The monoisotopic (exact) mass is 272 g/mol. The molecule has 0 saturated carbocycles. The van der Waals surface area contributed by atoms with Crippen LogP contribution >= 0.6 is 0 Å². The molecule has 0 radical (unpaired) electrons. The second kappa shape index (κ2) is 5.21.